The predicted molar refractivity (Wildman–Crippen MR) is 96.2 cm³/mol. The first-order valence-electron chi connectivity index (χ1n) is 8.05. The molecular weight excluding hydrogens is 344 g/mol. The minimum absolute atomic E-state index is 0.149. The second-order valence-corrected chi connectivity index (χ2v) is 6.03. The SMILES string of the molecule is CCOCCn1nc(C)c2nc(Cl)nc(NC3=CN(C)C(O)C=C3)c21. The molecule has 0 amide bonds. The summed E-state index contributed by atoms with van der Waals surface area (Å²) in [7, 11) is 1.79. The van der Waals surface area contributed by atoms with E-state index < -0.39 is 6.23 Å². The molecule has 0 saturated carbocycles. The molecule has 0 bridgehead atoms. The van der Waals surface area contributed by atoms with E-state index in [2.05, 4.69) is 20.4 Å². The fourth-order valence-electron chi connectivity index (χ4n) is 2.62. The summed E-state index contributed by atoms with van der Waals surface area (Å²) >= 11 is 6.09. The number of hydrogen-bond donors (Lipinski definition) is 2. The zero-order chi connectivity index (χ0) is 18.0. The van der Waals surface area contributed by atoms with Gasteiger partial charge in [0.25, 0.3) is 0 Å². The Kier molecular flexibility index (Phi) is 5.22. The van der Waals surface area contributed by atoms with Gasteiger partial charge in [-0.3, -0.25) is 4.68 Å². The number of halogens is 1. The minimum Gasteiger partial charge on any atom is -0.380 e. The zero-order valence-corrected chi connectivity index (χ0v) is 15.2. The van der Waals surface area contributed by atoms with Crippen molar-refractivity contribution in [1.82, 2.24) is 24.6 Å². The predicted octanol–water partition coefficient (Wildman–Crippen LogP) is 1.90. The number of aromatic nitrogens is 4. The van der Waals surface area contributed by atoms with Crippen molar-refractivity contribution in [3.05, 3.63) is 35.0 Å². The number of ether oxygens (including phenoxy) is 1. The van der Waals surface area contributed by atoms with Crippen LogP contribution in [0.25, 0.3) is 11.0 Å². The summed E-state index contributed by atoms with van der Waals surface area (Å²) in [6.07, 6.45) is 4.62. The molecule has 0 aromatic carbocycles. The van der Waals surface area contributed by atoms with Crippen LogP contribution in [-0.2, 0) is 11.3 Å². The van der Waals surface area contributed by atoms with Crippen LogP contribution in [0.15, 0.2) is 24.0 Å². The van der Waals surface area contributed by atoms with E-state index in [9.17, 15) is 5.11 Å². The van der Waals surface area contributed by atoms with Gasteiger partial charge < -0.3 is 20.1 Å². The molecule has 1 unspecified atom stereocenters. The third kappa shape index (κ3) is 3.76. The summed E-state index contributed by atoms with van der Waals surface area (Å²) in [5.74, 6) is 0.563. The molecule has 0 spiro atoms. The highest BCUT2D eigenvalue weighted by Crippen LogP contribution is 2.26. The number of nitrogens with zero attached hydrogens (tertiary/aromatic N) is 5. The van der Waals surface area contributed by atoms with E-state index in [-0.39, 0.29) is 5.28 Å². The van der Waals surface area contributed by atoms with E-state index in [4.69, 9.17) is 16.3 Å². The average Bonchev–Trinajstić information content (AvgIpc) is 2.87. The fraction of sp³-hybridized carbons (Fsp3) is 0.438. The van der Waals surface area contributed by atoms with E-state index in [0.717, 1.165) is 16.9 Å². The number of aryl methyl sites for hydroxylation is 1. The lowest BCUT2D eigenvalue weighted by Crippen LogP contribution is -2.28. The van der Waals surface area contributed by atoms with Gasteiger partial charge in [0.1, 0.15) is 17.3 Å². The van der Waals surface area contributed by atoms with Crippen LogP contribution in [0.2, 0.25) is 5.28 Å². The monoisotopic (exact) mass is 364 g/mol. The normalized spacial score (nSPS) is 17.2. The van der Waals surface area contributed by atoms with E-state index >= 15 is 0 Å². The summed E-state index contributed by atoms with van der Waals surface area (Å²) in [6, 6.07) is 0. The lowest BCUT2D eigenvalue weighted by molar-refractivity contribution is 0.0964. The first-order valence-corrected chi connectivity index (χ1v) is 8.43. The highest BCUT2D eigenvalue weighted by molar-refractivity contribution is 6.28. The van der Waals surface area contributed by atoms with Crippen molar-refractivity contribution in [2.75, 3.05) is 25.6 Å². The van der Waals surface area contributed by atoms with E-state index in [1.807, 2.05) is 18.5 Å². The van der Waals surface area contributed by atoms with Crippen LogP contribution in [0.3, 0.4) is 0 Å². The summed E-state index contributed by atoms with van der Waals surface area (Å²) < 4.78 is 7.25. The van der Waals surface area contributed by atoms with Gasteiger partial charge in [0.15, 0.2) is 5.82 Å². The molecule has 9 heteroatoms. The number of aliphatic hydroxyl groups excluding tert-OH is 1. The Morgan fingerprint density at radius 3 is 2.92 bits per heavy atom. The summed E-state index contributed by atoms with van der Waals surface area (Å²) in [5, 5.41) is 17.7. The van der Waals surface area contributed by atoms with E-state index in [1.54, 1.807) is 30.3 Å². The van der Waals surface area contributed by atoms with Gasteiger partial charge in [-0.1, -0.05) is 0 Å². The van der Waals surface area contributed by atoms with Gasteiger partial charge in [0, 0.05) is 19.9 Å². The van der Waals surface area contributed by atoms with Gasteiger partial charge in [-0.2, -0.15) is 10.1 Å². The van der Waals surface area contributed by atoms with Crippen LogP contribution < -0.4 is 5.32 Å². The van der Waals surface area contributed by atoms with Gasteiger partial charge in [0.05, 0.1) is 24.5 Å². The van der Waals surface area contributed by atoms with Crippen molar-refractivity contribution < 1.29 is 9.84 Å². The number of nitrogens with one attached hydrogen (secondary N) is 1. The Bertz CT molecular complexity index is 832. The molecule has 25 heavy (non-hydrogen) atoms. The van der Waals surface area contributed by atoms with Crippen LogP contribution in [0.1, 0.15) is 12.6 Å². The number of rotatable bonds is 6. The van der Waals surface area contributed by atoms with Gasteiger partial charge in [-0.05, 0) is 37.6 Å². The average molecular weight is 365 g/mol. The molecule has 134 valence electrons. The van der Waals surface area contributed by atoms with E-state index in [0.29, 0.717) is 31.1 Å². The van der Waals surface area contributed by atoms with Crippen molar-refractivity contribution in [1.29, 1.82) is 0 Å². The molecule has 0 radical (unpaired) electrons. The fourth-order valence-corrected chi connectivity index (χ4v) is 2.79. The molecule has 1 aliphatic heterocycles. The van der Waals surface area contributed by atoms with Crippen LogP contribution in [0.5, 0.6) is 0 Å². The lowest BCUT2D eigenvalue weighted by Gasteiger charge is -2.24. The topological polar surface area (TPSA) is 88.3 Å². The molecule has 2 aromatic rings. The smallest absolute Gasteiger partial charge is 0.225 e. The summed E-state index contributed by atoms with van der Waals surface area (Å²) in [6.45, 7) is 5.63. The van der Waals surface area contributed by atoms with Crippen LogP contribution >= 0.6 is 11.6 Å². The minimum atomic E-state index is -0.640. The number of anilines is 1. The number of fused-ring (bicyclic) bond motifs is 1. The molecule has 0 aliphatic carbocycles. The molecule has 1 atom stereocenters. The highest BCUT2D eigenvalue weighted by Gasteiger charge is 2.18. The lowest BCUT2D eigenvalue weighted by atomic mass is 10.2. The van der Waals surface area contributed by atoms with Crippen molar-refractivity contribution in [3.8, 4) is 0 Å². The molecule has 2 aromatic heterocycles. The molecular formula is C16H21ClN6O2. The number of hydrogen-bond acceptors (Lipinski definition) is 7. The highest BCUT2D eigenvalue weighted by atomic mass is 35.5. The molecule has 3 heterocycles. The number of aliphatic hydroxyl groups is 1. The zero-order valence-electron chi connectivity index (χ0n) is 14.4. The quantitative estimate of drug-likeness (QED) is 0.597. The molecule has 2 N–H and O–H groups in total. The van der Waals surface area contributed by atoms with Crippen molar-refractivity contribution in [3.63, 3.8) is 0 Å². The van der Waals surface area contributed by atoms with Crippen molar-refractivity contribution in [2.24, 2.45) is 0 Å². The maximum absolute atomic E-state index is 9.74. The third-order valence-corrected chi connectivity index (χ3v) is 4.02. The second-order valence-electron chi connectivity index (χ2n) is 5.69. The number of allylic oxidation sites excluding steroid dienone is 1. The molecule has 0 fully saturated rings. The van der Waals surface area contributed by atoms with Gasteiger partial charge in [-0.25, -0.2) is 4.98 Å². The maximum atomic E-state index is 9.74. The Hall–Kier alpha value is -2.16. The molecule has 3 rings (SSSR count). The van der Waals surface area contributed by atoms with Crippen molar-refractivity contribution >= 4 is 28.5 Å². The Labute approximate surface area is 150 Å². The molecule has 8 nitrogen and oxygen atoms in total. The Morgan fingerprint density at radius 1 is 1.40 bits per heavy atom. The van der Waals surface area contributed by atoms with E-state index in [1.165, 1.54) is 0 Å². The van der Waals surface area contributed by atoms with Crippen molar-refractivity contribution in [2.45, 2.75) is 26.6 Å². The Balaban J connectivity index is 1.99. The molecule has 0 saturated heterocycles. The first kappa shape index (κ1) is 17.7. The van der Waals surface area contributed by atoms with Gasteiger partial charge in [-0.15, -0.1) is 0 Å². The molecule has 1 aliphatic rings. The van der Waals surface area contributed by atoms with Gasteiger partial charge in [0.2, 0.25) is 5.28 Å². The first-order chi connectivity index (χ1) is 12.0. The largest absolute Gasteiger partial charge is 0.380 e. The summed E-state index contributed by atoms with van der Waals surface area (Å²) in [4.78, 5) is 10.3. The second kappa shape index (κ2) is 7.38. The van der Waals surface area contributed by atoms with Gasteiger partial charge >= 0.3 is 0 Å². The standard InChI is InChI=1S/C16H21ClN6O2/c1-4-25-8-7-23-14-13(10(2)21-23)19-16(17)20-15(14)18-11-5-6-12(24)22(3)9-11/h5-6,9,12,24H,4,7-8H2,1-3H3,(H,18,19,20). The maximum Gasteiger partial charge on any atom is 0.225 e. The van der Waals surface area contributed by atoms with Crippen LogP contribution in [-0.4, -0.2) is 56.2 Å². The van der Waals surface area contributed by atoms with Crippen LogP contribution in [0, 0.1) is 6.92 Å². The number of likely N-dealkylation sites (N-methyl/N-ethyl adjacent to an activating group) is 1. The third-order valence-electron chi connectivity index (χ3n) is 3.85. The summed E-state index contributed by atoms with van der Waals surface area (Å²) in [5.41, 5.74) is 3.02. The Morgan fingerprint density at radius 2 is 2.20 bits per heavy atom. The van der Waals surface area contributed by atoms with Crippen LogP contribution in [0.4, 0.5) is 5.82 Å².